The van der Waals surface area contributed by atoms with E-state index < -0.39 is 0 Å². The van der Waals surface area contributed by atoms with Crippen molar-refractivity contribution < 1.29 is 0 Å². The molecule has 58 valence electrons. The summed E-state index contributed by atoms with van der Waals surface area (Å²) < 4.78 is 0. The van der Waals surface area contributed by atoms with Crippen LogP contribution < -0.4 is 11.5 Å². The van der Waals surface area contributed by atoms with Crippen molar-refractivity contribution in [2.45, 2.75) is 0 Å². The third kappa shape index (κ3) is 1.40. The Morgan fingerprint density at radius 2 is 2.27 bits per heavy atom. The number of nitrogens with one attached hydrogen (secondary N) is 1. The fourth-order valence-electron chi connectivity index (χ4n) is 0.668. The summed E-state index contributed by atoms with van der Waals surface area (Å²) >= 11 is 5.68. The average molecular weight is 171 g/mol. The van der Waals surface area contributed by atoms with Crippen LogP contribution in [-0.4, -0.2) is 10.8 Å². The van der Waals surface area contributed by atoms with Crippen LogP contribution in [0.4, 0.5) is 5.82 Å². The van der Waals surface area contributed by atoms with Crippen LogP contribution in [0.1, 0.15) is 5.56 Å². The van der Waals surface area contributed by atoms with Gasteiger partial charge in [0.1, 0.15) is 11.7 Å². The number of hydrogen-bond acceptors (Lipinski definition) is 3. The number of pyridine rings is 1. The third-order valence-corrected chi connectivity index (χ3v) is 1.60. The number of halogens is 1. The van der Waals surface area contributed by atoms with Crippen molar-refractivity contribution in [3.8, 4) is 0 Å². The van der Waals surface area contributed by atoms with Crippen LogP contribution in [0.15, 0.2) is 12.3 Å². The Morgan fingerprint density at radius 1 is 1.64 bits per heavy atom. The number of nitrogens with zero attached hydrogens (tertiary/aromatic N) is 1. The lowest BCUT2D eigenvalue weighted by atomic mass is 10.2. The highest BCUT2D eigenvalue weighted by molar-refractivity contribution is 6.36. The molecular weight excluding hydrogens is 164 g/mol. The molecule has 0 unspecified atom stereocenters. The predicted molar refractivity (Wildman–Crippen MR) is 44.7 cm³/mol. The number of hydrogen-bond donors (Lipinski definition) is 3. The molecule has 1 aromatic heterocycles. The van der Waals surface area contributed by atoms with E-state index in [-0.39, 0.29) is 16.7 Å². The van der Waals surface area contributed by atoms with Crippen LogP contribution in [0, 0.1) is 5.41 Å². The fourth-order valence-corrected chi connectivity index (χ4v) is 0.882. The van der Waals surface area contributed by atoms with Crippen molar-refractivity contribution in [1.29, 1.82) is 5.41 Å². The molecule has 0 atom stereocenters. The standard InChI is InChI=1S/C6H7ClN4/c7-4-3(5(8)9)1-2-11-6(4)10/h1-2H,(H3,8,9)(H2,10,11). The van der Waals surface area contributed by atoms with Crippen LogP contribution in [0.3, 0.4) is 0 Å². The Bertz CT molecular complexity index is 297. The molecule has 1 rings (SSSR count). The molecule has 0 aliphatic heterocycles. The number of aromatic nitrogens is 1. The number of nitrogen functional groups attached to an aromatic ring is 2. The number of anilines is 1. The van der Waals surface area contributed by atoms with Gasteiger partial charge in [-0.2, -0.15) is 0 Å². The van der Waals surface area contributed by atoms with E-state index in [1.54, 1.807) is 6.07 Å². The van der Waals surface area contributed by atoms with Gasteiger partial charge in [-0.05, 0) is 6.07 Å². The number of amidine groups is 1. The summed E-state index contributed by atoms with van der Waals surface area (Å²) in [4.78, 5) is 3.72. The maximum Gasteiger partial charge on any atom is 0.142 e. The summed E-state index contributed by atoms with van der Waals surface area (Å²) in [6.45, 7) is 0. The molecule has 0 spiro atoms. The van der Waals surface area contributed by atoms with Gasteiger partial charge in [0.25, 0.3) is 0 Å². The molecule has 0 saturated heterocycles. The smallest absolute Gasteiger partial charge is 0.142 e. The van der Waals surface area contributed by atoms with Crippen LogP contribution in [0.2, 0.25) is 5.02 Å². The van der Waals surface area contributed by atoms with Crippen LogP contribution in [-0.2, 0) is 0 Å². The molecule has 0 aliphatic carbocycles. The summed E-state index contributed by atoms with van der Waals surface area (Å²) in [5, 5.41) is 7.32. The van der Waals surface area contributed by atoms with Crippen molar-refractivity contribution in [2.24, 2.45) is 5.73 Å². The first-order valence-electron chi connectivity index (χ1n) is 2.87. The second-order valence-corrected chi connectivity index (χ2v) is 2.35. The minimum atomic E-state index is -0.107. The van der Waals surface area contributed by atoms with E-state index in [2.05, 4.69) is 4.98 Å². The van der Waals surface area contributed by atoms with Gasteiger partial charge in [0.15, 0.2) is 0 Å². The van der Waals surface area contributed by atoms with E-state index in [4.69, 9.17) is 28.5 Å². The molecule has 1 aromatic rings. The first kappa shape index (κ1) is 7.81. The van der Waals surface area contributed by atoms with Crippen LogP contribution in [0.5, 0.6) is 0 Å². The number of nitrogens with two attached hydrogens (primary N) is 2. The Kier molecular flexibility index (Phi) is 1.96. The molecule has 0 radical (unpaired) electrons. The second kappa shape index (κ2) is 2.75. The molecule has 0 aromatic carbocycles. The Hall–Kier alpha value is -1.29. The molecule has 0 fully saturated rings. The van der Waals surface area contributed by atoms with Crippen molar-refractivity contribution in [3.05, 3.63) is 22.8 Å². The SMILES string of the molecule is N=C(N)c1ccnc(N)c1Cl. The zero-order valence-electron chi connectivity index (χ0n) is 5.63. The Balaban J connectivity index is 3.27. The lowest BCUT2D eigenvalue weighted by Crippen LogP contribution is -2.12. The van der Waals surface area contributed by atoms with Crippen molar-refractivity contribution in [2.75, 3.05) is 5.73 Å². The van der Waals surface area contributed by atoms with E-state index in [0.717, 1.165) is 0 Å². The van der Waals surface area contributed by atoms with Gasteiger partial charge in [-0.3, -0.25) is 5.41 Å². The Morgan fingerprint density at radius 3 is 2.73 bits per heavy atom. The molecular formula is C6H7ClN4. The van der Waals surface area contributed by atoms with E-state index in [1.807, 2.05) is 0 Å². The lowest BCUT2D eigenvalue weighted by molar-refractivity contribution is 1.31. The third-order valence-electron chi connectivity index (χ3n) is 1.21. The van der Waals surface area contributed by atoms with Gasteiger partial charge in [0, 0.05) is 11.8 Å². The fraction of sp³-hybridized carbons (Fsp3) is 0. The van der Waals surface area contributed by atoms with Gasteiger partial charge in [-0.15, -0.1) is 0 Å². The van der Waals surface area contributed by atoms with Gasteiger partial charge in [0.2, 0.25) is 0 Å². The molecule has 11 heavy (non-hydrogen) atoms. The monoisotopic (exact) mass is 170 g/mol. The largest absolute Gasteiger partial charge is 0.384 e. The van der Waals surface area contributed by atoms with Gasteiger partial charge in [-0.1, -0.05) is 11.6 Å². The molecule has 1 heterocycles. The van der Waals surface area contributed by atoms with E-state index >= 15 is 0 Å². The number of rotatable bonds is 1. The van der Waals surface area contributed by atoms with Crippen molar-refractivity contribution in [1.82, 2.24) is 4.98 Å². The molecule has 0 aliphatic rings. The highest BCUT2D eigenvalue weighted by atomic mass is 35.5. The van der Waals surface area contributed by atoms with E-state index in [0.29, 0.717) is 5.56 Å². The normalized spacial score (nSPS) is 9.55. The molecule has 4 nitrogen and oxygen atoms in total. The van der Waals surface area contributed by atoms with Gasteiger partial charge in [-0.25, -0.2) is 4.98 Å². The molecule has 0 bridgehead atoms. The zero-order chi connectivity index (χ0) is 8.43. The molecule has 5 N–H and O–H groups in total. The first-order chi connectivity index (χ1) is 5.13. The predicted octanol–water partition coefficient (Wildman–Crippen LogP) is 0.601. The summed E-state index contributed by atoms with van der Waals surface area (Å²) in [6.07, 6.45) is 1.46. The molecule has 0 saturated carbocycles. The van der Waals surface area contributed by atoms with Gasteiger partial charge < -0.3 is 11.5 Å². The zero-order valence-corrected chi connectivity index (χ0v) is 6.39. The Labute approximate surface area is 68.7 Å². The first-order valence-corrected chi connectivity index (χ1v) is 3.25. The van der Waals surface area contributed by atoms with Crippen LogP contribution in [0.25, 0.3) is 0 Å². The van der Waals surface area contributed by atoms with Crippen molar-refractivity contribution >= 4 is 23.3 Å². The van der Waals surface area contributed by atoms with Crippen LogP contribution >= 0.6 is 11.6 Å². The maximum absolute atomic E-state index is 7.08. The lowest BCUT2D eigenvalue weighted by Gasteiger charge is -2.01. The van der Waals surface area contributed by atoms with E-state index in [1.165, 1.54) is 6.20 Å². The van der Waals surface area contributed by atoms with Crippen molar-refractivity contribution in [3.63, 3.8) is 0 Å². The highest BCUT2D eigenvalue weighted by Crippen LogP contribution is 2.19. The summed E-state index contributed by atoms with van der Waals surface area (Å²) in [5.74, 6) is 0.0865. The molecule has 5 heteroatoms. The minimum absolute atomic E-state index is 0.107. The van der Waals surface area contributed by atoms with E-state index in [9.17, 15) is 0 Å². The highest BCUT2D eigenvalue weighted by Gasteiger charge is 2.05. The second-order valence-electron chi connectivity index (χ2n) is 1.97. The van der Waals surface area contributed by atoms with Gasteiger partial charge in [0.05, 0.1) is 5.02 Å². The minimum Gasteiger partial charge on any atom is -0.384 e. The summed E-state index contributed by atoms with van der Waals surface area (Å²) in [6, 6.07) is 1.54. The van der Waals surface area contributed by atoms with Gasteiger partial charge >= 0.3 is 0 Å². The summed E-state index contributed by atoms with van der Waals surface area (Å²) in [7, 11) is 0. The maximum atomic E-state index is 7.08. The topological polar surface area (TPSA) is 88.8 Å². The average Bonchev–Trinajstić information content (AvgIpc) is 1.94. The molecule has 0 amide bonds. The summed E-state index contributed by atoms with van der Waals surface area (Å²) in [5.41, 5.74) is 11.0. The quantitative estimate of drug-likeness (QED) is 0.426.